The maximum Gasteiger partial charge on any atom is 0.0468 e. The van der Waals surface area contributed by atoms with Crippen LogP contribution in [0, 0.1) is 0 Å². The summed E-state index contributed by atoms with van der Waals surface area (Å²) in [5.74, 6) is 0. The van der Waals surface area contributed by atoms with Crippen molar-refractivity contribution in [2.45, 2.75) is 0 Å². The summed E-state index contributed by atoms with van der Waals surface area (Å²) in [6.45, 7) is 0. The van der Waals surface area contributed by atoms with E-state index < -0.39 is 0 Å². The van der Waals surface area contributed by atoms with Crippen molar-refractivity contribution in [3.05, 3.63) is 212 Å². The molecule has 11 rings (SSSR count). The summed E-state index contributed by atoms with van der Waals surface area (Å²) in [6, 6.07) is 77.7. The third kappa shape index (κ3) is 5.46. The van der Waals surface area contributed by atoms with Crippen LogP contribution >= 0.6 is 11.3 Å². The van der Waals surface area contributed by atoms with E-state index in [0.717, 1.165) is 17.1 Å². The predicted octanol–water partition coefficient (Wildman–Crippen LogP) is 16.0. The van der Waals surface area contributed by atoms with E-state index in [2.05, 4.69) is 217 Å². The van der Waals surface area contributed by atoms with Gasteiger partial charge < -0.3 is 4.90 Å². The molecular weight excluding hydrogens is 695 g/mol. The summed E-state index contributed by atoms with van der Waals surface area (Å²) < 4.78 is 2.65. The highest BCUT2D eigenvalue weighted by atomic mass is 32.1. The average molecular weight is 730 g/mol. The topological polar surface area (TPSA) is 3.24 Å². The van der Waals surface area contributed by atoms with Crippen LogP contribution in [0.5, 0.6) is 0 Å². The van der Waals surface area contributed by atoms with Crippen molar-refractivity contribution in [2.75, 3.05) is 4.90 Å². The smallest absolute Gasteiger partial charge is 0.0468 e. The number of nitrogens with zero attached hydrogens (tertiary/aromatic N) is 1. The van der Waals surface area contributed by atoms with Gasteiger partial charge in [-0.15, -0.1) is 11.3 Å². The van der Waals surface area contributed by atoms with Gasteiger partial charge in [0, 0.05) is 37.2 Å². The van der Waals surface area contributed by atoms with Gasteiger partial charge >= 0.3 is 0 Å². The van der Waals surface area contributed by atoms with Crippen LogP contribution in [0.15, 0.2) is 212 Å². The number of hydrogen-bond acceptors (Lipinski definition) is 2. The van der Waals surface area contributed by atoms with E-state index in [1.54, 1.807) is 0 Å². The van der Waals surface area contributed by atoms with E-state index in [1.807, 2.05) is 11.3 Å². The quantitative estimate of drug-likeness (QED) is 0.154. The van der Waals surface area contributed by atoms with Crippen LogP contribution in [0.2, 0.25) is 0 Å². The summed E-state index contributed by atoms with van der Waals surface area (Å²) in [5, 5.41) is 10.3. The molecule has 0 aliphatic carbocycles. The van der Waals surface area contributed by atoms with Crippen LogP contribution in [-0.4, -0.2) is 0 Å². The lowest BCUT2D eigenvalue weighted by atomic mass is 9.93. The van der Waals surface area contributed by atoms with E-state index in [-0.39, 0.29) is 0 Å². The largest absolute Gasteiger partial charge is 0.310 e. The Morgan fingerprint density at radius 3 is 1.34 bits per heavy atom. The molecular formula is C54H35NS. The Kier molecular flexibility index (Phi) is 7.75. The summed E-state index contributed by atoms with van der Waals surface area (Å²) in [5.41, 5.74) is 10.6. The van der Waals surface area contributed by atoms with Gasteiger partial charge in [0.05, 0.1) is 0 Å². The highest BCUT2D eigenvalue weighted by Gasteiger charge is 2.17. The fraction of sp³-hybridized carbons (Fsp3) is 0. The minimum Gasteiger partial charge on any atom is -0.310 e. The van der Waals surface area contributed by atoms with E-state index in [0.29, 0.717) is 0 Å². The first-order chi connectivity index (χ1) is 27.8. The van der Waals surface area contributed by atoms with Gasteiger partial charge in [-0.2, -0.15) is 0 Å². The van der Waals surface area contributed by atoms with Gasteiger partial charge in [-0.1, -0.05) is 158 Å². The highest BCUT2D eigenvalue weighted by Crippen LogP contribution is 2.43. The van der Waals surface area contributed by atoms with Crippen LogP contribution in [0.3, 0.4) is 0 Å². The molecule has 10 aromatic carbocycles. The molecule has 0 aliphatic heterocycles. The van der Waals surface area contributed by atoms with Gasteiger partial charge in [0.2, 0.25) is 0 Å². The lowest BCUT2D eigenvalue weighted by Gasteiger charge is -2.27. The molecule has 1 aromatic heterocycles. The first kappa shape index (κ1) is 32.4. The average Bonchev–Trinajstić information content (AvgIpc) is 3.65. The maximum absolute atomic E-state index is 2.40. The maximum atomic E-state index is 2.40. The van der Waals surface area contributed by atoms with Crippen LogP contribution in [0.1, 0.15) is 0 Å². The van der Waals surface area contributed by atoms with Crippen LogP contribution < -0.4 is 4.90 Å². The Morgan fingerprint density at radius 2 is 0.696 bits per heavy atom. The summed E-state index contributed by atoms with van der Waals surface area (Å²) >= 11 is 1.86. The molecule has 0 aliphatic rings. The molecule has 1 heterocycles. The summed E-state index contributed by atoms with van der Waals surface area (Å²) in [7, 11) is 0. The lowest BCUT2D eigenvalue weighted by molar-refractivity contribution is 1.29. The van der Waals surface area contributed by atoms with Crippen molar-refractivity contribution < 1.29 is 0 Å². The van der Waals surface area contributed by atoms with E-state index in [9.17, 15) is 0 Å². The molecule has 0 bridgehead atoms. The molecule has 0 fully saturated rings. The van der Waals surface area contributed by atoms with E-state index in [4.69, 9.17) is 0 Å². The molecule has 0 spiro atoms. The molecule has 11 aromatic rings. The normalized spacial score (nSPS) is 11.6. The number of thiophene rings is 1. The van der Waals surface area contributed by atoms with Crippen LogP contribution in [0.25, 0.3) is 85.9 Å². The molecule has 0 saturated carbocycles. The third-order valence-corrected chi connectivity index (χ3v) is 12.4. The van der Waals surface area contributed by atoms with Crippen LogP contribution in [-0.2, 0) is 0 Å². The molecule has 0 atom stereocenters. The minimum absolute atomic E-state index is 1.11. The van der Waals surface area contributed by atoms with Gasteiger partial charge in [-0.3, -0.25) is 0 Å². The van der Waals surface area contributed by atoms with Gasteiger partial charge in [-0.25, -0.2) is 0 Å². The van der Waals surface area contributed by atoms with Gasteiger partial charge in [0.25, 0.3) is 0 Å². The van der Waals surface area contributed by atoms with Crippen molar-refractivity contribution in [2.24, 2.45) is 0 Å². The third-order valence-electron chi connectivity index (χ3n) is 11.3. The first-order valence-corrected chi connectivity index (χ1v) is 20.0. The number of benzene rings is 10. The number of fused-ring (bicyclic) bond motifs is 9. The van der Waals surface area contributed by atoms with Crippen molar-refractivity contribution in [3.63, 3.8) is 0 Å². The Morgan fingerprint density at radius 1 is 0.250 bits per heavy atom. The van der Waals surface area contributed by atoms with Crippen molar-refractivity contribution in [1.82, 2.24) is 0 Å². The number of anilines is 3. The monoisotopic (exact) mass is 729 g/mol. The first-order valence-electron chi connectivity index (χ1n) is 19.2. The molecule has 0 amide bonds. The number of rotatable bonds is 6. The molecule has 2 heteroatoms. The second-order valence-electron chi connectivity index (χ2n) is 14.5. The highest BCUT2D eigenvalue weighted by molar-refractivity contribution is 7.25. The predicted molar refractivity (Wildman–Crippen MR) is 243 cm³/mol. The van der Waals surface area contributed by atoms with Gasteiger partial charge in [-0.05, 0) is 120 Å². The number of hydrogen-bond donors (Lipinski definition) is 0. The Bertz CT molecular complexity index is 3200. The fourth-order valence-corrected chi connectivity index (χ4v) is 9.67. The summed E-state index contributed by atoms with van der Waals surface area (Å²) in [4.78, 5) is 2.40. The molecule has 0 radical (unpaired) electrons. The Hall–Kier alpha value is -7.00. The fourth-order valence-electron chi connectivity index (χ4n) is 8.58. The molecule has 56 heavy (non-hydrogen) atoms. The zero-order valence-electron chi connectivity index (χ0n) is 30.6. The molecule has 1 nitrogen and oxygen atoms in total. The molecule has 0 saturated heterocycles. The van der Waals surface area contributed by atoms with Crippen LogP contribution in [0.4, 0.5) is 17.1 Å². The standard InChI is InChI=1S/C54H35NS/c1-2-12-37(13-3-1)43-14-4-5-15-44(43)38-24-29-41(30-25-38)55(42-31-32-49-47-18-7-6-16-45(47)46-17-8-9-19-48(46)51(49)35-42)40-27-22-36(23-28-40)39-26-33-54-52(34-39)50-20-10-11-21-53(50)56-54/h1-35H. The SMILES string of the molecule is c1ccc(-c2ccccc2-c2ccc(N(c3ccc(-c4ccc5sc6ccccc6c5c4)cc3)c3ccc4c5ccccc5c5ccccc5c4c3)cc2)cc1. The zero-order valence-corrected chi connectivity index (χ0v) is 31.4. The molecule has 0 unspecified atom stereocenters. The second kappa shape index (κ2) is 13.4. The van der Waals surface area contributed by atoms with E-state index in [1.165, 1.54) is 85.9 Å². The molecule has 0 N–H and O–H groups in total. The Balaban J connectivity index is 1.05. The van der Waals surface area contributed by atoms with Crippen molar-refractivity contribution in [1.29, 1.82) is 0 Å². The minimum atomic E-state index is 1.11. The van der Waals surface area contributed by atoms with Gasteiger partial charge in [0.1, 0.15) is 0 Å². The molecule has 262 valence electrons. The summed E-state index contributed by atoms with van der Waals surface area (Å²) in [6.07, 6.45) is 0. The van der Waals surface area contributed by atoms with E-state index >= 15 is 0 Å². The van der Waals surface area contributed by atoms with Crippen molar-refractivity contribution >= 4 is 80.9 Å². The second-order valence-corrected chi connectivity index (χ2v) is 15.6. The Labute approximate surface area is 330 Å². The zero-order chi connectivity index (χ0) is 37.0. The van der Waals surface area contributed by atoms with Crippen molar-refractivity contribution in [3.8, 4) is 33.4 Å². The lowest BCUT2D eigenvalue weighted by Crippen LogP contribution is -2.10. The van der Waals surface area contributed by atoms with Gasteiger partial charge in [0.15, 0.2) is 0 Å².